The van der Waals surface area contributed by atoms with E-state index in [1.807, 2.05) is 11.8 Å². The second-order valence-corrected chi connectivity index (χ2v) is 8.05. The molecule has 0 fully saturated rings. The molecule has 0 aromatic heterocycles. The third-order valence-corrected chi connectivity index (χ3v) is 4.63. The number of hydrogen-bond acceptors (Lipinski definition) is 4. The molecule has 0 saturated heterocycles. The molecule has 0 unspecified atom stereocenters. The van der Waals surface area contributed by atoms with Gasteiger partial charge in [0.2, 0.25) is 12.3 Å². The van der Waals surface area contributed by atoms with E-state index in [1.54, 1.807) is 18.2 Å². The zero-order valence-corrected chi connectivity index (χ0v) is 18.1. The Labute approximate surface area is 178 Å². The smallest absolute Gasteiger partial charge is 0.236 e. The molecule has 2 aromatic carbocycles. The van der Waals surface area contributed by atoms with Crippen LogP contribution in [0.3, 0.4) is 0 Å². The summed E-state index contributed by atoms with van der Waals surface area (Å²) in [5, 5.41) is 2.54. The molecule has 6 heteroatoms. The fourth-order valence-electron chi connectivity index (χ4n) is 3.07. The molecule has 0 spiro atoms. The number of carbonyl (C=O) groups is 2. The molecule has 30 heavy (non-hydrogen) atoms. The number of allylic oxidation sites excluding steroid dienone is 1. The van der Waals surface area contributed by atoms with Gasteiger partial charge in [0, 0.05) is 11.8 Å². The predicted molar refractivity (Wildman–Crippen MR) is 123 cm³/mol. The fraction of sp³-hybridized carbons (Fsp3) is 0.333. The van der Waals surface area contributed by atoms with Crippen molar-refractivity contribution in [1.29, 1.82) is 0 Å². The highest BCUT2D eigenvalue weighted by Gasteiger charge is 2.19. The number of benzene rings is 2. The topological polar surface area (TPSA) is 84.7 Å². The molecule has 160 valence electrons. The first kappa shape index (κ1) is 23.0. The molecule has 0 aliphatic carbocycles. The molecule has 6 nitrogen and oxygen atoms in total. The lowest BCUT2D eigenvalue weighted by molar-refractivity contribution is -0.116. The predicted octanol–water partition coefficient (Wildman–Crippen LogP) is 3.96. The first-order valence-corrected chi connectivity index (χ1v) is 9.98. The Bertz CT molecular complexity index is 884. The first-order valence-electron chi connectivity index (χ1n) is 9.98. The molecule has 1 aliphatic rings. The minimum atomic E-state index is -0.382. The summed E-state index contributed by atoms with van der Waals surface area (Å²) < 4.78 is 5.47. The lowest BCUT2D eigenvalue weighted by Crippen LogP contribution is -2.39. The molecule has 3 rings (SSSR count). The lowest BCUT2D eigenvalue weighted by Gasteiger charge is -2.30. The normalized spacial score (nSPS) is 13.0. The van der Waals surface area contributed by atoms with Crippen LogP contribution >= 0.6 is 0 Å². The number of fused-ring (bicyclic) bond motifs is 1. The zero-order valence-electron chi connectivity index (χ0n) is 18.1. The van der Waals surface area contributed by atoms with Crippen molar-refractivity contribution >= 4 is 29.8 Å². The van der Waals surface area contributed by atoms with Crippen LogP contribution in [0.1, 0.15) is 38.8 Å². The number of amides is 2. The van der Waals surface area contributed by atoms with Crippen LogP contribution in [0, 0.1) is 0 Å². The van der Waals surface area contributed by atoms with E-state index < -0.39 is 0 Å². The molecule has 2 aromatic rings. The maximum atomic E-state index is 10.9. The minimum absolute atomic E-state index is 0.164. The van der Waals surface area contributed by atoms with Crippen molar-refractivity contribution < 1.29 is 14.3 Å². The van der Waals surface area contributed by atoms with Crippen LogP contribution in [0.15, 0.2) is 48.5 Å². The van der Waals surface area contributed by atoms with Crippen LogP contribution < -0.4 is 20.7 Å². The van der Waals surface area contributed by atoms with E-state index in [0.717, 1.165) is 5.69 Å². The van der Waals surface area contributed by atoms with Crippen molar-refractivity contribution in [3.8, 4) is 5.75 Å². The molecular formula is C24H31N3O3. The number of hydrogen-bond donors (Lipinski definition) is 2. The standard InChI is InChI=1S/C13H18.C11H13N3O3/c1-5-6-11-7-9-12(10-8-11)13(2,3)4;12-11(16)6-14-3-4-17-10-5-8(13-7-15)1-2-9(10)14/h5-10H,1-4H3;1-2,5,7H,3-4,6H2,(H2,12,16)(H,13,15)/b6-5+;. The maximum absolute atomic E-state index is 10.9. The van der Waals surface area contributed by atoms with Gasteiger partial charge in [0.25, 0.3) is 0 Å². The summed E-state index contributed by atoms with van der Waals surface area (Å²) in [6, 6.07) is 14.0. The Hall–Kier alpha value is -3.28. The van der Waals surface area contributed by atoms with E-state index in [2.05, 4.69) is 62.5 Å². The molecule has 3 N–H and O–H groups in total. The maximum Gasteiger partial charge on any atom is 0.236 e. The van der Waals surface area contributed by atoms with Crippen LogP contribution in [-0.2, 0) is 15.0 Å². The van der Waals surface area contributed by atoms with Gasteiger partial charge in [-0.1, -0.05) is 57.2 Å². The van der Waals surface area contributed by atoms with E-state index in [0.29, 0.717) is 31.0 Å². The summed E-state index contributed by atoms with van der Waals surface area (Å²) in [7, 11) is 0. The average molecular weight is 410 g/mol. The highest BCUT2D eigenvalue weighted by molar-refractivity contribution is 5.82. The second-order valence-electron chi connectivity index (χ2n) is 8.05. The van der Waals surface area contributed by atoms with E-state index in [9.17, 15) is 9.59 Å². The summed E-state index contributed by atoms with van der Waals surface area (Å²) in [6.07, 6.45) is 4.78. The molecular weight excluding hydrogens is 378 g/mol. The highest BCUT2D eigenvalue weighted by Crippen LogP contribution is 2.33. The quantitative estimate of drug-likeness (QED) is 0.732. The van der Waals surface area contributed by atoms with Crippen LogP contribution in [0.2, 0.25) is 0 Å². The van der Waals surface area contributed by atoms with Gasteiger partial charge in [-0.2, -0.15) is 0 Å². The molecule has 0 bridgehead atoms. The van der Waals surface area contributed by atoms with Gasteiger partial charge in [-0.25, -0.2) is 0 Å². The minimum Gasteiger partial charge on any atom is -0.489 e. The monoisotopic (exact) mass is 409 g/mol. The van der Waals surface area contributed by atoms with Gasteiger partial charge in [-0.05, 0) is 35.6 Å². The number of nitrogens with two attached hydrogens (primary N) is 1. The van der Waals surface area contributed by atoms with Gasteiger partial charge in [0.1, 0.15) is 12.4 Å². The number of nitrogens with zero attached hydrogens (tertiary/aromatic N) is 1. The SMILES string of the molecule is C/C=C/c1ccc(C(C)(C)C)cc1.NC(=O)CN1CCOc2cc(NC=O)ccc21. The molecule has 1 heterocycles. The Balaban J connectivity index is 0.000000222. The highest BCUT2D eigenvalue weighted by atomic mass is 16.5. The Morgan fingerprint density at radius 1 is 1.20 bits per heavy atom. The van der Waals surface area contributed by atoms with E-state index in [1.165, 1.54) is 11.1 Å². The molecule has 0 saturated carbocycles. The lowest BCUT2D eigenvalue weighted by atomic mass is 9.87. The van der Waals surface area contributed by atoms with Crippen molar-refractivity contribution in [3.63, 3.8) is 0 Å². The molecule has 0 atom stereocenters. The third-order valence-electron chi connectivity index (χ3n) is 4.63. The Morgan fingerprint density at radius 2 is 1.90 bits per heavy atom. The fourth-order valence-corrected chi connectivity index (χ4v) is 3.07. The first-order chi connectivity index (χ1) is 14.2. The van der Waals surface area contributed by atoms with E-state index in [4.69, 9.17) is 10.5 Å². The van der Waals surface area contributed by atoms with Crippen molar-refractivity contribution in [2.45, 2.75) is 33.1 Å². The zero-order chi connectivity index (χ0) is 22.1. The number of primary amides is 1. The number of rotatable bonds is 5. The van der Waals surface area contributed by atoms with Gasteiger partial charge < -0.3 is 20.7 Å². The average Bonchev–Trinajstić information content (AvgIpc) is 2.68. The van der Waals surface area contributed by atoms with Crippen LogP contribution in [-0.4, -0.2) is 32.0 Å². The van der Waals surface area contributed by atoms with Crippen molar-refractivity contribution in [2.24, 2.45) is 5.73 Å². The number of carbonyl (C=O) groups excluding carboxylic acids is 2. The third kappa shape index (κ3) is 6.65. The van der Waals surface area contributed by atoms with Crippen LogP contribution in [0.5, 0.6) is 5.75 Å². The van der Waals surface area contributed by atoms with Gasteiger partial charge in [0.05, 0.1) is 18.8 Å². The second kappa shape index (κ2) is 10.5. The number of ether oxygens (including phenoxy) is 1. The van der Waals surface area contributed by atoms with Crippen molar-refractivity contribution in [2.75, 3.05) is 29.9 Å². The summed E-state index contributed by atoms with van der Waals surface area (Å²) in [4.78, 5) is 23.1. The van der Waals surface area contributed by atoms with Gasteiger partial charge in [-0.3, -0.25) is 9.59 Å². The molecule has 1 aliphatic heterocycles. The van der Waals surface area contributed by atoms with E-state index >= 15 is 0 Å². The van der Waals surface area contributed by atoms with Gasteiger partial charge >= 0.3 is 0 Å². The largest absolute Gasteiger partial charge is 0.489 e. The Kier molecular flexibility index (Phi) is 8.04. The number of anilines is 2. The van der Waals surface area contributed by atoms with Gasteiger partial charge in [-0.15, -0.1) is 0 Å². The molecule has 0 radical (unpaired) electrons. The Morgan fingerprint density at radius 3 is 2.47 bits per heavy atom. The van der Waals surface area contributed by atoms with E-state index in [-0.39, 0.29) is 17.9 Å². The van der Waals surface area contributed by atoms with Crippen molar-refractivity contribution in [1.82, 2.24) is 0 Å². The molecule has 2 amide bonds. The summed E-state index contributed by atoms with van der Waals surface area (Å²) in [5.74, 6) is 0.261. The van der Waals surface area contributed by atoms with Crippen LogP contribution in [0.25, 0.3) is 6.08 Å². The summed E-state index contributed by atoms with van der Waals surface area (Å²) in [5.41, 5.74) is 9.56. The number of nitrogens with one attached hydrogen (secondary N) is 1. The van der Waals surface area contributed by atoms with Gasteiger partial charge in [0.15, 0.2) is 0 Å². The van der Waals surface area contributed by atoms with Crippen molar-refractivity contribution in [3.05, 3.63) is 59.7 Å². The summed E-state index contributed by atoms with van der Waals surface area (Å²) in [6.45, 7) is 10.0. The van der Waals surface area contributed by atoms with Crippen LogP contribution in [0.4, 0.5) is 11.4 Å². The summed E-state index contributed by atoms with van der Waals surface area (Å²) >= 11 is 0.